The maximum atomic E-state index is 12.1. The number of hydrogen-bond donors (Lipinski definition) is 0. The minimum atomic E-state index is -0.429. The van der Waals surface area contributed by atoms with Crippen molar-refractivity contribution in [3.05, 3.63) is 71.8 Å². The van der Waals surface area contributed by atoms with Gasteiger partial charge >= 0.3 is 5.97 Å². The SMILES string of the molecule is O=C(C#Cc1ccccc1)O[C@H]1CCCC[C@H]1c1ccccc1. The van der Waals surface area contributed by atoms with E-state index in [1.54, 1.807) is 0 Å². The lowest BCUT2D eigenvalue weighted by Crippen LogP contribution is -2.28. The zero-order valence-corrected chi connectivity index (χ0v) is 13.1. The fraction of sp³-hybridized carbons (Fsp3) is 0.286. The van der Waals surface area contributed by atoms with Gasteiger partial charge in [-0.05, 0) is 37.0 Å². The van der Waals surface area contributed by atoms with Gasteiger partial charge in [0, 0.05) is 17.4 Å². The van der Waals surface area contributed by atoms with Gasteiger partial charge in [-0.2, -0.15) is 0 Å². The van der Waals surface area contributed by atoms with Crippen LogP contribution < -0.4 is 0 Å². The number of hydrogen-bond acceptors (Lipinski definition) is 2. The van der Waals surface area contributed by atoms with Crippen LogP contribution in [0.1, 0.15) is 42.7 Å². The molecular formula is C21H20O2. The molecule has 0 aromatic heterocycles. The number of esters is 1. The first-order valence-corrected chi connectivity index (χ1v) is 8.15. The van der Waals surface area contributed by atoms with E-state index in [4.69, 9.17) is 4.74 Å². The molecule has 116 valence electrons. The lowest BCUT2D eigenvalue weighted by Gasteiger charge is -2.30. The van der Waals surface area contributed by atoms with Crippen molar-refractivity contribution in [1.29, 1.82) is 0 Å². The monoisotopic (exact) mass is 304 g/mol. The van der Waals surface area contributed by atoms with Gasteiger partial charge in [0.1, 0.15) is 6.10 Å². The summed E-state index contributed by atoms with van der Waals surface area (Å²) >= 11 is 0. The minimum absolute atomic E-state index is 0.0660. The van der Waals surface area contributed by atoms with Crippen molar-refractivity contribution in [1.82, 2.24) is 0 Å². The molecule has 1 saturated carbocycles. The molecule has 2 nitrogen and oxygen atoms in total. The van der Waals surface area contributed by atoms with E-state index >= 15 is 0 Å². The molecule has 1 fully saturated rings. The molecule has 0 saturated heterocycles. The molecule has 0 unspecified atom stereocenters. The third-order valence-electron chi connectivity index (χ3n) is 4.27. The average Bonchev–Trinajstić information content (AvgIpc) is 2.62. The van der Waals surface area contributed by atoms with E-state index in [0.29, 0.717) is 0 Å². The molecule has 2 heteroatoms. The van der Waals surface area contributed by atoms with Crippen molar-refractivity contribution in [2.45, 2.75) is 37.7 Å². The quantitative estimate of drug-likeness (QED) is 0.610. The largest absolute Gasteiger partial charge is 0.452 e. The highest BCUT2D eigenvalue weighted by Crippen LogP contribution is 2.34. The van der Waals surface area contributed by atoms with Gasteiger partial charge in [-0.3, -0.25) is 0 Å². The summed E-state index contributed by atoms with van der Waals surface area (Å²) in [5.74, 6) is 5.33. The molecule has 0 N–H and O–H groups in total. The van der Waals surface area contributed by atoms with Crippen LogP contribution in [0.2, 0.25) is 0 Å². The summed E-state index contributed by atoms with van der Waals surface area (Å²) in [6.07, 6.45) is 4.20. The number of ether oxygens (including phenoxy) is 1. The Kier molecular flexibility index (Phi) is 5.11. The molecule has 1 aliphatic rings. The lowest BCUT2D eigenvalue weighted by molar-refractivity contribution is -0.144. The minimum Gasteiger partial charge on any atom is -0.452 e. The standard InChI is InChI=1S/C21H20O2/c22-21(16-15-17-9-3-1-4-10-17)23-20-14-8-7-13-19(20)18-11-5-2-6-12-18/h1-6,9-12,19-20H,7-8,13-14H2/t19-,20-/m0/s1. The van der Waals surface area contributed by atoms with E-state index in [-0.39, 0.29) is 12.0 Å². The van der Waals surface area contributed by atoms with Crippen molar-refractivity contribution >= 4 is 5.97 Å². The van der Waals surface area contributed by atoms with E-state index in [0.717, 1.165) is 24.8 Å². The van der Waals surface area contributed by atoms with Gasteiger partial charge < -0.3 is 4.74 Å². The Hall–Kier alpha value is -2.53. The van der Waals surface area contributed by atoms with Crippen LogP contribution in [0.3, 0.4) is 0 Å². The second-order valence-electron chi connectivity index (χ2n) is 5.86. The zero-order chi connectivity index (χ0) is 15.9. The summed E-state index contributed by atoms with van der Waals surface area (Å²) in [5.41, 5.74) is 2.08. The smallest absolute Gasteiger partial charge is 0.385 e. The summed E-state index contributed by atoms with van der Waals surface area (Å²) in [7, 11) is 0. The Morgan fingerprint density at radius 3 is 2.30 bits per heavy atom. The van der Waals surface area contributed by atoms with Crippen molar-refractivity contribution in [3.63, 3.8) is 0 Å². The van der Waals surface area contributed by atoms with Gasteiger partial charge in [0.05, 0.1) is 0 Å². The van der Waals surface area contributed by atoms with Gasteiger partial charge in [0.25, 0.3) is 0 Å². The Balaban J connectivity index is 1.68. The van der Waals surface area contributed by atoms with E-state index in [9.17, 15) is 4.79 Å². The van der Waals surface area contributed by atoms with E-state index in [1.807, 2.05) is 48.5 Å². The van der Waals surface area contributed by atoms with Crippen LogP contribution in [0.5, 0.6) is 0 Å². The van der Waals surface area contributed by atoms with Crippen LogP contribution in [0.25, 0.3) is 0 Å². The van der Waals surface area contributed by atoms with Crippen LogP contribution in [0.15, 0.2) is 60.7 Å². The van der Waals surface area contributed by atoms with Crippen LogP contribution in [0, 0.1) is 11.8 Å². The summed E-state index contributed by atoms with van der Waals surface area (Å²) in [6, 6.07) is 19.8. The first-order valence-electron chi connectivity index (χ1n) is 8.15. The fourth-order valence-corrected chi connectivity index (χ4v) is 3.13. The highest BCUT2D eigenvalue weighted by atomic mass is 16.5. The Labute approximate surface area is 137 Å². The van der Waals surface area contributed by atoms with Crippen LogP contribution >= 0.6 is 0 Å². The van der Waals surface area contributed by atoms with Crippen LogP contribution in [-0.4, -0.2) is 12.1 Å². The van der Waals surface area contributed by atoms with E-state index < -0.39 is 5.97 Å². The van der Waals surface area contributed by atoms with Crippen molar-refractivity contribution in [3.8, 4) is 11.8 Å². The molecule has 0 amide bonds. The molecule has 0 radical (unpaired) electrons. The molecular weight excluding hydrogens is 284 g/mol. The highest BCUT2D eigenvalue weighted by Gasteiger charge is 2.29. The molecule has 2 aromatic rings. The molecule has 0 spiro atoms. The zero-order valence-electron chi connectivity index (χ0n) is 13.1. The Morgan fingerprint density at radius 1 is 0.913 bits per heavy atom. The summed E-state index contributed by atoms with van der Waals surface area (Å²) in [5, 5.41) is 0. The Morgan fingerprint density at radius 2 is 1.57 bits per heavy atom. The molecule has 3 rings (SSSR count). The van der Waals surface area contributed by atoms with E-state index in [2.05, 4.69) is 24.0 Å². The number of rotatable bonds is 2. The number of carbonyl (C=O) groups is 1. The summed E-state index contributed by atoms with van der Waals surface area (Å²) in [4.78, 5) is 12.1. The first-order chi connectivity index (χ1) is 11.3. The molecule has 2 atom stereocenters. The molecule has 0 aliphatic heterocycles. The maximum Gasteiger partial charge on any atom is 0.385 e. The van der Waals surface area contributed by atoms with Crippen molar-refractivity contribution in [2.75, 3.05) is 0 Å². The normalized spacial score (nSPS) is 20.2. The fourth-order valence-electron chi connectivity index (χ4n) is 3.13. The number of benzene rings is 2. The van der Waals surface area contributed by atoms with Crippen LogP contribution in [0.4, 0.5) is 0 Å². The number of carbonyl (C=O) groups excluding carboxylic acids is 1. The highest BCUT2D eigenvalue weighted by molar-refractivity contribution is 5.89. The molecule has 23 heavy (non-hydrogen) atoms. The van der Waals surface area contributed by atoms with E-state index in [1.165, 1.54) is 12.0 Å². The molecule has 0 heterocycles. The predicted molar refractivity (Wildman–Crippen MR) is 90.9 cm³/mol. The second kappa shape index (κ2) is 7.65. The second-order valence-corrected chi connectivity index (χ2v) is 5.86. The third kappa shape index (κ3) is 4.23. The summed E-state index contributed by atoms with van der Waals surface area (Å²) < 4.78 is 5.67. The molecule has 1 aliphatic carbocycles. The predicted octanol–water partition coefficient (Wildman–Crippen LogP) is 4.31. The third-order valence-corrected chi connectivity index (χ3v) is 4.27. The molecule has 2 aromatic carbocycles. The lowest BCUT2D eigenvalue weighted by atomic mass is 9.81. The maximum absolute atomic E-state index is 12.1. The van der Waals surface area contributed by atoms with Gasteiger partial charge in [0.15, 0.2) is 0 Å². The topological polar surface area (TPSA) is 26.3 Å². The van der Waals surface area contributed by atoms with Gasteiger partial charge in [0.2, 0.25) is 0 Å². The Bertz CT molecular complexity index is 695. The van der Waals surface area contributed by atoms with Gasteiger partial charge in [-0.25, -0.2) is 4.79 Å². The van der Waals surface area contributed by atoms with Crippen molar-refractivity contribution in [2.24, 2.45) is 0 Å². The van der Waals surface area contributed by atoms with Gasteiger partial charge in [-0.15, -0.1) is 0 Å². The first kappa shape index (κ1) is 15.4. The average molecular weight is 304 g/mol. The summed E-state index contributed by atoms with van der Waals surface area (Å²) in [6.45, 7) is 0. The van der Waals surface area contributed by atoms with Crippen LogP contribution in [-0.2, 0) is 9.53 Å². The van der Waals surface area contributed by atoms with Crippen molar-refractivity contribution < 1.29 is 9.53 Å². The molecule has 0 bridgehead atoms. The van der Waals surface area contributed by atoms with Gasteiger partial charge in [-0.1, -0.05) is 60.9 Å².